The lowest BCUT2D eigenvalue weighted by Crippen LogP contribution is -2.49. The second kappa shape index (κ2) is 11.4. The van der Waals surface area contributed by atoms with Crippen LogP contribution >= 0.6 is 12.2 Å². The smallest absolute Gasteiger partial charge is 0.272 e. The highest BCUT2D eigenvalue weighted by molar-refractivity contribution is 7.80. The summed E-state index contributed by atoms with van der Waals surface area (Å²) in [5.41, 5.74) is 4.47. The Morgan fingerprint density at radius 2 is 1.71 bits per heavy atom. The monoisotopic (exact) mass is 496 g/mol. The van der Waals surface area contributed by atoms with Gasteiger partial charge < -0.3 is 19.4 Å². The first-order chi connectivity index (χ1) is 16.8. The topological polar surface area (TPSA) is 62.1 Å². The van der Waals surface area contributed by atoms with Crippen LogP contribution in [0.4, 0.5) is 17.1 Å². The van der Waals surface area contributed by atoms with Crippen LogP contribution in [-0.4, -0.2) is 66.8 Å². The molecular weight excluding hydrogens is 460 g/mol. The van der Waals surface area contributed by atoms with Crippen molar-refractivity contribution < 1.29 is 9.66 Å². The van der Waals surface area contributed by atoms with E-state index < -0.39 is 0 Å². The molecule has 1 aliphatic heterocycles. The van der Waals surface area contributed by atoms with Gasteiger partial charge in [0.2, 0.25) is 0 Å². The van der Waals surface area contributed by atoms with Crippen LogP contribution in [0, 0.1) is 24.0 Å². The van der Waals surface area contributed by atoms with Gasteiger partial charge >= 0.3 is 0 Å². The maximum absolute atomic E-state index is 11.1. The zero-order chi connectivity index (χ0) is 24.9. The Balaban J connectivity index is 1.19. The molecule has 0 N–H and O–H groups in total. The minimum Gasteiger partial charge on any atom is -0.372 e. The van der Waals surface area contributed by atoms with E-state index in [4.69, 9.17) is 17.0 Å². The molecular formula is C27H36N4O3S. The molecule has 4 rings (SSSR count). The standard InChI is InChI=1S/C27H36N4O3S/c1-20-4-6-23(7-5-20)29-14-16-30(17-15-29)27(35)19-34-25-11-8-22(9-12-25)28(3)24-10-13-26(31(32)33)21(2)18-24/h4-7,10,13,18,22,25H,8-9,11-12,14-17,19H2,1-3H3. The van der Waals surface area contributed by atoms with Crippen molar-refractivity contribution in [2.45, 2.75) is 51.7 Å². The summed E-state index contributed by atoms with van der Waals surface area (Å²) < 4.78 is 6.23. The van der Waals surface area contributed by atoms with Crippen LogP contribution in [0.25, 0.3) is 0 Å². The molecule has 0 aromatic heterocycles. The van der Waals surface area contributed by atoms with E-state index in [1.165, 1.54) is 11.3 Å². The second-order valence-electron chi connectivity index (χ2n) is 9.78. The molecule has 7 nitrogen and oxygen atoms in total. The van der Waals surface area contributed by atoms with Crippen LogP contribution in [0.1, 0.15) is 36.8 Å². The van der Waals surface area contributed by atoms with E-state index in [0.29, 0.717) is 18.2 Å². The van der Waals surface area contributed by atoms with Gasteiger partial charge in [-0.05, 0) is 63.8 Å². The second-order valence-corrected chi connectivity index (χ2v) is 10.3. The van der Waals surface area contributed by atoms with Gasteiger partial charge in [0.05, 0.1) is 17.6 Å². The summed E-state index contributed by atoms with van der Waals surface area (Å²) in [4.78, 5) is 18.6. The minimum absolute atomic E-state index is 0.173. The SMILES string of the molecule is Cc1ccc(N2CCN(C(=S)COC3CCC(N(C)c4ccc([N+](=O)[O-])c(C)c4)CC3)CC2)cc1. The molecule has 0 radical (unpaired) electrons. The molecule has 2 aromatic rings. The van der Waals surface area contributed by atoms with E-state index in [9.17, 15) is 10.1 Å². The van der Waals surface area contributed by atoms with Crippen molar-refractivity contribution >= 4 is 34.3 Å². The molecule has 0 spiro atoms. The average molecular weight is 497 g/mol. The van der Waals surface area contributed by atoms with E-state index in [0.717, 1.165) is 62.5 Å². The fourth-order valence-electron chi connectivity index (χ4n) is 5.12. The Morgan fingerprint density at radius 1 is 1.06 bits per heavy atom. The summed E-state index contributed by atoms with van der Waals surface area (Å²) in [6.07, 6.45) is 4.33. The molecule has 8 heteroatoms. The lowest BCUT2D eigenvalue weighted by molar-refractivity contribution is -0.385. The third-order valence-corrected chi connectivity index (χ3v) is 7.83. The number of aryl methyl sites for hydroxylation is 2. The van der Waals surface area contributed by atoms with Gasteiger partial charge in [0.1, 0.15) is 4.99 Å². The molecule has 0 unspecified atom stereocenters. The van der Waals surface area contributed by atoms with Gasteiger partial charge in [-0.1, -0.05) is 29.9 Å². The summed E-state index contributed by atoms with van der Waals surface area (Å²) in [7, 11) is 2.08. The third kappa shape index (κ3) is 6.30. The zero-order valence-electron chi connectivity index (χ0n) is 21.0. The molecule has 1 aliphatic carbocycles. The Bertz CT molecular complexity index is 1030. The number of hydrogen-bond donors (Lipinski definition) is 0. The minimum atomic E-state index is -0.323. The van der Waals surface area contributed by atoms with Gasteiger partial charge in [-0.15, -0.1) is 0 Å². The molecule has 2 fully saturated rings. The fourth-order valence-corrected chi connectivity index (χ4v) is 5.37. The van der Waals surface area contributed by atoms with Gasteiger partial charge in [-0.25, -0.2) is 0 Å². The largest absolute Gasteiger partial charge is 0.372 e. The van der Waals surface area contributed by atoms with Crippen LogP contribution in [0.15, 0.2) is 42.5 Å². The van der Waals surface area contributed by atoms with Crippen LogP contribution in [0.2, 0.25) is 0 Å². The quantitative estimate of drug-likeness (QED) is 0.299. The van der Waals surface area contributed by atoms with Crippen molar-refractivity contribution in [3.63, 3.8) is 0 Å². The Morgan fingerprint density at radius 3 is 2.31 bits per heavy atom. The maximum Gasteiger partial charge on any atom is 0.272 e. The molecule has 1 heterocycles. The number of thiocarbonyl (C=S) groups is 1. The zero-order valence-corrected chi connectivity index (χ0v) is 21.8. The van der Waals surface area contributed by atoms with Crippen molar-refractivity contribution in [3.8, 4) is 0 Å². The Kier molecular flexibility index (Phi) is 8.23. The number of hydrogen-bond acceptors (Lipinski definition) is 6. The number of piperazine rings is 1. The highest BCUT2D eigenvalue weighted by Crippen LogP contribution is 2.30. The molecule has 2 aliphatic rings. The fraction of sp³-hybridized carbons (Fsp3) is 0.519. The number of nitrogens with zero attached hydrogens (tertiary/aromatic N) is 4. The van der Waals surface area contributed by atoms with Gasteiger partial charge in [-0.2, -0.15) is 0 Å². The van der Waals surface area contributed by atoms with Crippen molar-refractivity contribution in [3.05, 3.63) is 63.7 Å². The van der Waals surface area contributed by atoms with Crippen LogP contribution in [-0.2, 0) is 4.74 Å². The van der Waals surface area contributed by atoms with E-state index in [1.807, 2.05) is 12.1 Å². The summed E-state index contributed by atoms with van der Waals surface area (Å²) >= 11 is 5.71. The number of nitro benzene ring substituents is 1. The highest BCUT2D eigenvalue weighted by atomic mass is 32.1. The summed E-state index contributed by atoms with van der Waals surface area (Å²) in [5.74, 6) is 0. The summed E-state index contributed by atoms with van der Waals surface area (Å²) in [6.45, 7) is 8.25. The van der Waals surface area contributed by atoms with Crippen molar-refractivity contribution in [2.24, 2.45) is 0 Å². The first-order valence-corrected chi connectivity index (χ1v) is 12.9. The lowest BCUT2D eigenvalue weighted by atomic mass is 9.91. The van der Waals surface area contributed by atoms with Gasteiger partial charge in [0, 0.05) is 62.3 Å². The van der Waals surface area contributed by atoms with E-state index in [-0.39, 0.29) is 16.7 Å². The maximum atomic E-state index is 11.1. The Hall–Kier alpha value is -2.71. The van der Waals surface area contributed by atoms with Crippen LogP contribution in [0.5, 0.6) is 0 Å². The molecule has 0 bridgehead atoms. The van der Waals surface area contributed by atoms with Gasteiger partial charge in [-0.3, -0.25) is 10.1 Å². The summed E-state index contributed by atoms with van der Waals surface area (Å²) in [6, 6.07) is 14.5. The highest BCUT2D eigenvalue weighted by Gasteiger charge is 2.26. The number of rotatable bonds is 7. The molecule has 35 heavy (non-hydrogen) atoms. The van der Waals surface area contributed by atoms with Crippen LogP contribution < -0.4 is 9.80 Å². The molecule has 1 saturated carbocycles. The van der Waals surface area contributed by atoms with Gasteiger partial charge in [0.25, 0.3) is 5.69 Å². The van der Waals surface area contributed by atoms with E-state index in [1.54, 1.807) is 13.0 Å². The number of anilines is 2. The first-order valence-electron chi connectivity index (χ1n) is 12.5. The van der Waals surface area contributed by atoms with E-state index >= 15 is 0 Å². The number of nitro groups is 1. The molecule has 188 valence electrons. The van der Waals surface area contributed by atoms with Crippen molar-refractivity contribution in [1.82, 2.24) is 4.90 Å². The normalized spacial score (nSPS) is 20.5. The summed E-state index contributed by atoms with van der Waals surface area (Å²) in [5, 5.41) is 11.1. The van der Waals surface area contributed by atoms with Crippen LogP contribution in [0.3, 0.4) is 0 Å². The predicted octanol–water partition coefficient (Wildman–Crippen LogP) is 5.13. The number of benzene rings is 2. The first kappa shape index (κ1) is 25.4. The van der Waals surface area contributed by atoms with Gasteiger partial charge in [0.15, 0.2) is 0 Å². The predicted molar refractivity (Wildman–Crippen MR) is 146 cm³/mol. The molecule has 2 aromatic carbocycles. The number of ether oxygens (including phenoxy) is 1. The Labute approximate surface area is 213 Å². The van der Waals surface area contributed by atoms with E-state index in [2.05, 4.69) is 52.9 Å². The third-order valence-electron chi connectivity index (χ3n) is 7.45. The average Bonchev–Trinajstić information content (AvgIpc) is 2.87. The lowest BCUT2D eigenvalue weighted by Gasteiger charge is -2.38. The molecule has 0 atom stereocenters. The van der Waals surface area contributed by atoms with Crippen molar-refractivity contribution in [1.29, 1.82) is 0 Å². The molecule has 0 amide bonds. The van der Waals surface area contributed by atoms with Crippen molar-refractivity contribution in [2.75, 3.05) is 49.6 Å². The molecule has 1 saturated heterocycles.